The molecule has 158 valence electrons. The summed E-state index contributed by atoms with van der Waals surface area (Å²) in [5.74, 6) is -0.0545. The predicted molar refractivity (Wildman–Crippen MR) is 105 cm³/mol. The highest BCUT2D eigenvalue weighted by Gasteiger charge is 2.25. The van der Waals surface area contributed by atoms with Gasteiger partial charge in [-0.1, -0.05) is 5.16 Å². The van der Waals surface area contributed by atoms with Gasteiger partial charge in [-0.2, -0.15) is 4.98 Å². The SMILES string of the molecule is Cc1nc(C2CCN(c3ccc(S(=O)(=O)Nc4ccc(F)c(F)c4)cn3)CC2)no1. The lowest BCUT2D eigenvalue weighted by Crippen LogP contribution is -2.33. The Labute approximate surface area is 172 Å². The largest absolute Gasteiger partial charge is 0.357 e. The van der Waals surface area contributed by atoms with Gasteiger partial charge in [-0.25, -0.2) is 22.2 Å². The van der Waals surface area contributed by atoms with Crippen LogP contribution in [0.15, 0.2) is 45.9 Å². The number of rotatable bonds is 5. The number of piperidine rings is 1. The number of pyridine rings is 1. The van der Waals surface area contributed by atoms with Gasteiger partial charge < -0.3 is 9.42 Å². The molecule has 0 unspecified atom stereocenters. The molecule has 30 heavy (non-hydrogen) atoms. The van der Waals surface area contributed by atoms with Crippen molar-refractivity contribution in [3.05, 3.63) is 59.9 Å². The van der Waals surface area contributed by atoms with Crippen LogP contribution >= 0.6 is 0 Å². The Balaban J connectivity index is 1.41. The molecular formula is C19H19F2N5O3S. The summed E-state index contributed by atoms with van der Waals surface area (Å²) >= 11 is 0. The third kappa shape index (κ3) is 4.25. The first kappa shape index (κ1) is 20.2. The number of benzene rings is 1. The van der Waals surface area contributed by atoms with Gasteiger partial charge in [0.05, 0.1) is 5.69 Å². The van der Waals surface area contributed by atoms with Gasteiger partial charge in [0, 0.05) is 38.2 Å². The average molecular weight is 435 g/mol. The molecule has 1 aliphatic rings. The van der Waals surface area contributed by atoms with E-state index in [4.69, 9.17) is 4.52 Å². The van der Waals surface area contributed by atoms with E-state index < -0.39 is 21.7 Å². The molecule has 3 heterocycles. The highest BCUT2D eigenvalue weighted by Crippen LogP contribution is 2.28. The van der Waals surface area contributed by atoms with E-state index in [2.05, 4.69) is 24.7 Å². The van der Waals surface area contributed by atoms with E-state index in [1.807, 2.05) is 0 Å². The number of nitrogens with zero attached hydrogens (tertiary/aromatic N) is 4. The van der Waals surface area contributed by atoms with Gasteiger partial charge in [-0.15, -0.1) is 0 Å². The molecule has 1 fully saturated rings. The summed E-state index contributed by atoms with van der Waals surface area (Å²) in [6.45, 7) is 3.21. The van der Waals surface area contributed by atoms with Gasteiger partial charge in [0.2, 0.25) is 5.89 Å². The Kier molecular flexibility index (Phi) is 5.37. The van der Waals surface area contributed by atoms with E-state index in [-0.39, 0.29) is 16.5 Å². The quantitative estimate of drug-likeness (QED) is 0.657. The Morgan fingerprint density at radius 3 is 2.50 bits per heavy atom. The van der Waals surface area contributed by atoms with Crippen LogP contribution in [0.4, 0.5) is 20.3 Å². The van der Waals surface area contributed by atoms with E-state index in [9.17, 15) is 17.2 Å². The Hall–Kier alpha value is -3.08. The second-order valence-electron chi connectivity index (χ2n) is 7.02. The van der Waals surface area contributed by atoms with Crippen molar-refractivity contribution in [1.29, 1.82) is 0 Å². The number of halogens is 2. The number of hydrogen-bond donors (Lipinski definition) is 1. The summed E-state index contributed by atoms with van der Waals surface area (Å²) < 4.78 is 58.6. The molecule has 0 bridgehead atoms. The number of anilines is 2. The monoisotopic (exact) mass is 435 g/mol. The first-order valence-electron chi connectivity index (χ1n) is 9.31. The van der Waals surface area contributed by atoms with E-state index in [0.717, 1.165) is 44.1 Å². The number of hydrogen-bond acceptors (Lipinski definition) is 7. The lowest BCUT2D eigenvalue weighted by molar-refractivity contribution is 0.375. The second-order valence-corrected chi connectivity index (χ2v) is 8.70. The van der Waals surface area contributed by atoms with E-state index >= 15 is 0 Å². The maximum Gasteiger partial charge on any atom is 0.263 e. The fourth-order valence-corrected chi connectivity index (χ4v) is 4.33. The van der Waals surface area contributed by atoms with Gasteiger partial charge in [-0.05, 0) is 37.1 Å². The normalized spacial score (nSPS) is 15.4. The minimum Gasteiger partial charge on any atom is -0.357 e. The number of aromatic nitrogens is 3. The van der Waals surface area contributed by atoms with Crippen LogP contribution in [0.3, 0.4) is 0 Å². The van der Waals surface area contributed by atoms with Crippen molar-refractivity contribution < 1.29 is 21.7 Å². The third-order valence-electron chi connectivity index (χ3n) is 4.93. The minimum atomic E-state index is -3.98. The van der Waals surface area contributed by atoms with E-state index in [0.29, 0.717) is 17.5 Å². The molecule has 3 aromatic rings. The van der Waals surface area contributed by atoms with Crippen molar-refractivity contribution in [3.8, 4) is 0 Å². The van der Waals surface area contributed by atoms with Crippen LogP contribution in [0, 0.1) is 18.6 Å². The average Bonchev–Trinajstić information content (AvgIpc) is 3.17. The Morgan fingerprint density at radius 1 is 1.13 bits per heavy atom. The summed E-state index contributed by atoms with van der Waals surface area (Å²) in [4.78, 5) is 10.5. The highest BCUT2D eigenvalue weighted by atomic mass is 32.2. The molecule has 1 N–H and O–H groups in total. The second kappa shape index (κ2) is 7.98. The molecular weight excluding hydrogens is 416 g/mol. The topological polar surface area (TPSA) is 101 Å². The molecule has 4 rings (SSSR count). The van der Waals surface area contributed by atoms with Crippen LogP contribution in [-0.2, 0) is 10.0 Å². The van der Waals surface area contributed by atoms with Crippen LogP contribution in [-0.4, -0.2) is 36.6 Å². The molecule has 0 radical (unpaired) electrons. The molecule has 1 saturated heterocycles. The van der Waals surface area contributed by atoms with Gasteiger partial charge in [0.1, 0.15) is 10.7 Å². The molecule has 2 aromatic heterocycles. The van der Waals surface area contributed by atoms with Crippen LogP contribution in [0.5, 0.6) is 0 Å². The molecule has 1 aliphatic heterocycles. The predicted octanol–water partition coefficient (Wildman–Crippen LogP) is 3.24. The summed E-state index contributed by atoms with van der Waals surface area (Å²) in [6, 6.07) is 5.84. The summed E-state index contributed by atoms with van der Waals surface area (Å²) in [6.07, 6.45) is 2.91. The smallest absolute Gasteiger partial charge is 0.263 e. The summed E-state index contributed by atoms with van der Waals surface area (Å²) in [5.41, 5.74) is -0.0725. The molecule has 0 atom stereocenters. The minimum absolute atomic E-state index is 0.0725. The lowest BCUT2D eigenvalue weighted by Gasteiger charge is -2.31. The van der Waals surface area contributed by atoms with E-state index in [1.165, 1.54) is 12.3 Å². The van der Waals surface area contributed by atoms with Crippen molar-refractivity contribution in [2.45, 2.75) is 30.6 Å². The fourth-order valence-electron chi connectivity index (χ4n) is 3.34. The molecule has 0 amide bonds. The molecule has 0 spiro atoms. The highest BCUT2D eigenvalue weighted by molar-refractivity contribution is 7.92. The van der Waals surface area contributed by atoms with Gasteiger partial charge in [-0.3, -0.25) is 4.72 Å². The zero-order valence-corrected chi connectivity index (χ0v) is 16.9. The van der Waals surface area contributed by atoms with Crippen LogP contribution < -0.4 is 9.62 Å². The van der Waals surface area contributed by atoms with Crippen LogP contribution in [0.25, 0.3) is 0 Å². The summed E-state index contributed by atoms with van der Waals surface area (Å²) in [7, 11) is -3.98. The molecule has 11 heteroatoms. The Bertz CT molecular complexity index is 1140. The standard InChI is InChI=1S/C19H19F2N5O3S/c1-12-23-19(24-29-12)13-6-8-26(9-7-13)18-5-3-15(11-22-18)30(27,28)25-14-2-4-16(20)17(21)10-14/h2-5,10-11,13,25H,6-9H2,1H3. The molecule has 1 aromatic carbocycles. The summed E-state index contributed by atoms with van der Waals surface area (Å²) in [5, 5.41) is 3.98. The molecule has 8 nitrogen and oxygen atoms in total. The first-order chi connectivity index (χ1) is 14.3. The zero-order chi connectivity index (χ0) is 21.3. The van der Waals surface area contributed by atoms with Crippen molar-refractivity contribution in [2.24, 2.45) is 0 Å². The van der Waals surface area contributed by atoms with Crippen LogP contribution in [0.2, 0.25) is 0 Å². The van der Waals surface area contributed by atoms with Crippen molar-refractivity contribution in [2.75, 3.05) is 22.7 Å². The number of aryl methyl sites for hydroxylation is 1. The zero-order valence-electron chi connectivity index (χ0n) is 16.0. The maximum absolute atomic E-state index is 13.3. The lowest BCUT2D eigenvalue weighted by atomic mass is 9.96. The van der Waals surface area contributed by atoms with E-state index in [1.54, 1.807) is 13.0 Å². The Morgan fingerprint density at radius 2 is 1.90 bits per heavy atom. The van der Waals surface area contributed by atoms with Gasteiger partial charge >= 0.3 is 0 Å². The van der Waals surface area contributed by atoms with Crippen molar-refractivity contribution in [3.63, 3.8) is 0 Å². The molecule has 0 saturated carbocycles. The van der Waals surface area contributed by atoms with Crippen LogP contribution in [0.1, 0.15) is 30.5 Å². The number of sulfonamides is 1. The van der Waals surface area contributed by atoms with Gasteiger partial charge in [0.15, 0.2) is 17.5 Å². The third-order valence-corrected chi connectivity index (χ3v) is 6.30. The maximum atomic E-state index is 13.3. The van der Waals surface area contributed by atoms with Crippen molar-refractivity contribution >= 4 is 21.5 Å². The van der Waals surface area contributed by atoms with Crippen molar-refractivity contribution in [1.82, 2.24) is 15.1 Å². The fraction of sp³-hybridized carbons (Fsp3) is 0.316. The number of nitrogens with one attached hydrogen (secondary N) is 1. The van der Waals surface area contributed by atoms with Gasteiger partial charge in [0.25, 0.3) is 10.0 Å². The molecule has 0 aliphatic carbocycles. The first-order valence-corrected chi connectivity index (χ1v) is 10.8.